The van der Waals surface area contributed by atoms with Crippen LogP contribution in [-0.2, 0) is 27.8 Å². The molecule has 4 aromatic rings. The minimum absolute atomic E-state index is 0. The number of carbonyl (C=O) groups excluding carboxylic acids is 1. The standard InChI is InChI=1S/C28H29ClN4O3S3.ClH/c1-2-14-32-16-13-20-24(17-32)38-28(25(20)27-30-21-6-3-4-8-23(21)37-27)31-26(34)22-7-5-15-33(22)39(35,36)19-11-9-18(29)10-12-19;/h3-4,6,8-12,22H,2,5,7,13-17H2,1H3,(H,31,34);1H. The lowest BCUT2D eigenvalue weighted by atomic mass is 10.0. The fourth-order valence-electron chi connectivity index (χ4n) is 5.48. The van der Waals surface area contributed by atoms with Gasteiger partial charge in [0.25, 0.3) is 0 Å². The molecule has 212 valence electrons. The molecule has 0 spiro atoms. The van der Waals surface area contributed by atoms with Crippen molar-refractivity contribution in [2.24, 2.45) is 0 Å². The molecule has 12 heteroatoms. The van der Waals surface area contributed by atoms with Crippen LogP contribution in [0, 0.1) is 0 Å². The first-order valence-corrected chi connectivity index (χ1v) is 16.6. The quantitative estimate of drug-likeness (QED) is 0.245. The third-order valence-corrected chi connectivity index (χ3v) is 11.7. The Bertz CT molecular complexity index is 1600. The number of thiazole rings is 1. The SMILES string of the molecule is CCCN1CCc2c(sc(NC(=O)C3CCCN3S(=O)(=O)c3ccc(Cl)cc3)c2-c2nc3ccccc3s2)C1.Cl. The summed E-state index contributed by atoms with van der Waals surface area (Å²) >= 11 is 9.20. The zero-order valence-electron chi connectivity index (χ0n) is 21.9. The van der Waals surface area contributed by atoms with Gasteiger partial charge >= 0.3 is 0 Å². The molecule has 4 heterocycles. The Balaban J connectivity index is 0.00000323. The van der Waals surface area contributed by atoms with Gasteiger partial charge < -0.3 is 5.32 Å². The second kappa shape index (κ2) is 12.1. The van der Waals surface area contributed by atoms with Gasteiger partial charge in [-0.25, -0.2) is 13.4 Å². The zero-order chi connectivity index (χ0) is 27.1. The van der Waals surface area contributed by atoms with Gasteiger partial charge in [-0.2, -0.15) is 4.31 Å². The number of hydrogen-bond acceptors (Lipinski definition) is 7. The van der Waals surface area contributed by atoms with Crippen LogP contribution in [0.3, 0.4) is 0 Å². The lowest BCUT2D eigenvalue weighted by molar-refractivity contribution is -0.119. The number of sulfonamides is 1. The van der Waals surface area contributed by atoms with Gasteiger partial charge in [-0.1, -0.05) is 30.7 Å². The van der Waals surface area contributed by atoms with Crippen molar-refractivity contribution in [2.75, 3.05) is 25.0 Å². The minimum atomic E-state index is -3.84. The molecule has 1 saturated heterocycles. The Labute approximate surface area is 253 Å². The number of fused-ring (bicyclic) bond motifs is 2. The highest BCUT2D eigenvalue weighted by atomic mass is 35.5. The maximum Gasteiger partial charge on any atom is 0.243 e. The Hall–Kier alpha value is -2.05. The molecule has 0 saturated carbocycles. The number of aromatic nitrogens is 1. The van der Waals surface area contributed by atoms with Crippen molar-refractivity contribution < 1.29 is 13.2 Å². The number of anilines is 1. The van der Waals surface area contributed by atoms with Crippen molar-refractivity contribution >= 4 is 77.8 Å². The van der Waals surface area contributed by atoms with Crippen molar-refractivity contribution in [3.63, 3.8) is 0 Å². The summed E-state index contributed by atoms with van der Waals surface area (Å²) < 4.78 is 29.3. The molecule has 2 aromatic heterocycles. The van der Waals surface area contributed by atoms with Gasteiger partial charge in [0.15, 0.2) is 0 Å². The molecule has 1 unspecified atom stereocenters. The van der Waals surface area contributed by atoms with Gasteiger partial charge in [0.1, 0.15) is 16.1 Å². The number of para-hydroxylation sites is 1. The van der Waals surface area contributed by atoms with E-state index in [0.29, 0.717) is 24.4 Å². The molecule has 7 nitrogen and oxygen atoms in total. The van der Waals surface area contributed by atoms with E-state index in [2.05, 4.69) is 23.2 Å². The number of halogens is 2. The molecule has 1 amide bonds. The highest BCUT2D eigenvalue weighted by Gasteiger charge is 2.40. The van der Waals surface area contributed by atoms with Crippen molar-refractivity contribution in [2.45, 2.75) is 50.1 Å². The molecule has 0 radical (unpaired) electrons. The summed E-state index contributed by atoms with van der Waals surface area (Å²) in [4.78, 5) is 22.5. The number of thiophene rings is 1. The molecular weight excluding hydrogens is 607 g/mol. The second-order valence-corrected chi connectivity index (χ2v) is 14.4. The minimum Gasteiger partial charge on any atom is -0.316 e. The molecule has 6 rings (SSSR count). The van der Waals surface area contributed by atoms with E-state index >= 15 is 0 Å². The number of amides is 1. The van der Waals surface area contributed by atoms with Crippen LogP contribution in [0.2, 0.25) is 5.02 Å². The van der Waals surface area contributed by atoms with Gasteiger partial charge in [0, 0.05) is 35.1 Å². The van der Waals surface area contributed by atoms with Crippen LogP contribution < -0.4 is 5.32 Å². The molecule has 1 N–H and O–H groups in total. The fraction of sp³-hybridized carbons (Fsp3) is 0.357. The first-order valence-electron chi connectivity index (χ1n) is 13.2. The lowest BCUT2D eigenvalue weighted by Crippen LogP contribution is -2.43. The van der Waals surface area contributed by atoms with Crippen LogP contribution in [0.5, 0.6) is 0 Å². The molecule has 2 aliphatic rings. The third kappa shape index (κ3) is 5.55. The Morgan fingerprint density at radius 2 is 1.90 bits per heavy atom. The Kier molecular flexibility index (Phi) is 8.87. The molecule has 1 fully saturated rings. The zero-order valence-corrected chi connectivity index (χ0v) is 26.0. The van der Waals surface area contributed by atoms with Gasteiger partial charge in [0.05, 0.1) is 15.1 Å². The number of nitrogens with one attached hydrogen (secondary N) is 1. The first kappa shape index (κ1) is 29.4. The van der Waals surface area contributed by atoms with Crippen LogP contribution in [0.25, 0.3) is 20.8 Å². The van der Waals surface area contributed by atoms with Crippen molar-refractivity contribution in [3.05, 3.63) is 64.0 Å². The summed E-state index contributed by atoms with van der Waals surface area (Å²) in [5.41, 5.74) is 3.18. The van der Waals surface area contributed by atoms with Crippen LogP contribution in [0.15, 0.2) is 53.4 Å². The monoisotopic (exact) mass is 636 g/mol. The predicted octanol–water partition coefficient (Wildman–Crippen LogP) is 6.66. The van der Waals surface area contributed by atoms with Crippen LogP contribution in [-0.4, -0.2) is 54.2 Å². The maximum absolute atomic E-state index is 13.7. The molecular formula is C28H30Cl2N4O3S3. The summed E-state index contributed by atoms with van der Waals surface area (Å²) in [6.07, 6.45) is 3.09. The van der Waals surface area contributed by atoms with Crippen LogP contribution >= 0.6 is 46.7 Å². The fourth-order valence-corrected chi connectivity index (χ4v) is 9.67. The topological polar surface area (TPSA) is 82.6 Å². The number of nitrogens with zero attached hydrogens (tertiary/aromatic N) is 3. The van der Waals surface area contributed by atoms with Crippen molar-refractivity contribution in [3.8, 4) is 10.6 Å². The average Bonchev–Trinajstić information content (AvgIpc) is 3.65. The number of benzene rings is 2. The summed E-state index contributed by atoms with van der Waals surface area (Å²) in [5.74, 6) is -0.295. The summed E-state index contributed by atoms with van der Waals surface area (Å²) in [7, 11) is -3.84. The number of rotatable bonds is 7. The van der Waals surface area contributed by atoms with Gasteiger partial charge in [-0.05, 0) is 74.2 Å². The van der Waals surface area contributed by atoms with E-state index in [-0.39, 0.29) is 23.2 Å². The molecule has 0 aliphatic carbocycles. The highest BCUT2D eigenvalue weighted by molar-refractivity contribution is 7.89. The van der Waals surface area contributed by atoms with E-state index < -0.39 is 16.1 Å². The van der Waals surface area contributed by atoms with Crippen molar-refractivity contribution in [1.82, 2.24) is 14.2 Å². The summed E-state index contributed by atoms with van der Waals surface area (Å²) in [6.45, 7) is 5.35. The van der Waals surface area contributed by atoms with Gasteiger partial charge in [-0.15, -0.1) is 35.1 Å². The smallest absolute Gasteiger partial charge is 0.243 e. The Morgan fingerprint density at radius 3 is 2.65 bits per heavy atom. The van der Waals surface area contributed by atoms with E-state index in [1.807, 2.05) is 18.2 Å². The van der Waals surface area contributed by atoms with E-state index in [0.717, 1.165) is 58.3 Å². The lowest BCUT2D eigenvalue weighted by Gasteiger charge is -2.26. The Morgan fingerprint density at radius 1 is 1.12 bits per heavy atom. The normalized spacial score (nSPS) is 18.0. The highest BCUT2D eigenvalue weighted by Crippen LogP contribution is 2.46. The van der Waals surface area contributed by atoms with E-state index in [1.54, 1.807) is 34.8 Å². The van der Waals surface area contributed by atoms with E-state index in [4.69, 9.17) is 16.6 Å². The van der Waals surface area contributed by atoms with Crippen molar-refractivity contribution in [1.29, 1.82) is 0 Å². The summed E-state index contributed by atoms with van der Waals surface area (Å²) in [5, 5.41) is 5.28. The molecule has 2 aromatic carbocycles. The van der Waals surface area contributed by atoms with E-state index in [1.165, 1.54) is 26.9 Å². The molecule has 0 bridgehead atoms. The summed E-state index contributed by atoms with van der Waals surface area (Å²) in [6, 6.07) is 13.4. The molecule has 2 aliphatic heterocycles. The maximum atomic E-state index is 13.7. The molecule has 1 atom stereocenters. The van der Waals surface area contributed by atoms with Gasteiger partial charge in [-0.3, -0.25) is 9.69 Å². The second-order valence-electron chi connectivity index (χ2n) is 9.94. The number of hydrogen-bond donors (Lipinski definition) is 1. The number of carbonyl (C=O) groups is 1. The van der Waals surface area contributed by atoms with Crippen LogP contribution in [0.1, 0.15) is 36.6 Å². The largest absolute Gasteiger partial charge is 0.316 e. The first-order chi connectivity index (χ1) is 18.8. The molecule has 40 heavy (non-hydrogen) atoms. The van der Waals surface area contributed by atoms with Crippen LogP contribution in [0.4, 0.5) is 5.00 Å². The van der Waals surface area contributed by atoms with Gasteiger partial charge in [0.2, 0.25) is 15.9 Å². The average molecular weight is 638 g/mol. The predicted molar refractivity (Wildman–Crippen MR) is 166 cm³/mol. The van der Waals surface area contributed by atoms with E-state index in [9.17, 15) is 13.2 Å². The third-order valence-electron chi connectivity index (χ3n) is 7.35.